The maximum Gasteiger partial charge on any atom is -0.0391 e. The minimum absolute atomic E-state index is 0.900. The van der Waals surface area contributed by atoms with Gasteiger partial charge in [0, 0.05) is 0 Å². The molecule has 0 aliphatic rings. The average molecular weight is 353 g/mol. The van der Waals surface area contributed by atoms with Crippen molar-refractivity contribution in [1.29, 1.82) is 0 Å². The highest BCUT2D eigenvalue weighted by atomic mass is 14.2. The summed E-state index contributed by atoms with van der Waals surface area (Å²) < 4.78 is 0. The van der Waals surface area contributed by atoms with Gasteiger partial charge in [-0.25, -0.2) is 0 Å². The summed E-state index contributed by atoms with van der Waals surface area (Å²) in [4.78, 5) is 0. The number of hydrogen-bond donors (Lipinski definition) is 0. The summed E-state index contributed by atoms with van der Waals surface area (Å²) in [6, 6.07) is 0. The fourth-order valence-electron chi connectivity index (χ4n) is 4.71. The highest BCUT2D eigenvalue weighted by Gasteiger charge is 2.18. The summed E-state index contributed by atoms with van der Waals surface area (Å²) in [5.74, 6) is 5.56. The molecule has 0 rings (SSSR count). The minimum atomic E-state index is 0.900. The van der Waals surface area contributed by atoms with Gasteiger partial charge in [-0.3, -0.25) is 0 Å². The molecular formula is C25H52. The van der Waals surface area contributed by atoms with Gasteiger partial charge in [0.1, 0.15) is 0 Å². The van der Waals surface area contributed by atoms with E-state index in [1.54, 1.807) is 0 Å². The quantitative estimate of drug-likeness (QED) is 0.260. The first kappa shape index (κ1) is 25.0. The van der Waals surface area contributed by atoms with Crippen LogP contribution in [-0.2, 0) is 0 Å². The second-order valence-corrected chi connectivity index (χ2v) is 9.42. The van der Waals surface area contributed by atoms with Crippen LogP contribution < -0.4 is 0 Å². The lowest BCUT2D eigenvalue weighted by Crippen LogP contribution is -2.14. The van der Waals surface area contributed by atoms with Crippen molar-refractivity contribution in [3.8, 4) is 0 Å². The van der Waals surface area contributed by atoms with Crippen molar-refractivity contribution in [1.82, 2.24) is 0 Å². The molecule has 0 aromatic heterocycles. The molecule has 0 heteroatoms. The topological polar surface area (TPSA) is 0 Å². The van der Waals surface area contributed by atoms with Crippen LogP contribution in [0.4, 0.5) is 0 Å². The van der Waals surface area contributed by atoms with Gasteiger partial charge in [0.25, 0.3) is 0 Å². The zero-order valence-corrected chi connectivity index (χ0v) is 19.2. The van der Waals surface area contributed by atoms with Gasteiger partial charge in [0.05, 0.1) is 0 Å². The Balaban J connectivity index is 4.03. The van der Waals surface area contributed by atoms with E-state index in [4.69, 9.17) is 0 Å². The molecule has 152 valence electrons. The van der Waals surface area contributed by atoms with E-state index in [1.165, 1.54) is 70.6 Å². The zero-order valence-electron chi connectivity index (χ0n) is 19.2. The van der Waals surface area contributed by atoms with Crippen LogP contribution in [-0.4, -0.2) is 0 Å². The Labute approximate surface area is 161 Å². The summed E-state index contributed by atoms with van der Waals surface area (Å²) in [5, 5.41) is 0. The van der Waals surface area contributed by atoms with E-state index in [9.17, 15) is 0 Å². The SMILES string of the molecule is CCCC(C)C(CC)CCCC(C)C(C)CCC(C)CC(CC)CC. The minimum Gasteiger partial charge on any atom is -0.0654 e. The molecule has 0 aliphatic carbocycles. The van der Waals surface area contributed by atoms with Crippen molar-refractivity contribution in [3.63, 3.8) is 0 Å². The second-order valence-electron chi connectivity index (χ2n) is 9.42. The summed E-state index contributed by atoms with van der Waals surface area (Å²) in [6.45, 7) is 19.4. The van der Waals surface area contributed by atoms with Crippen LogP contribution in [0.3, 0.4) is 0 Å². The van der Waals surface area contributed by atoms with E-state index in [-0.39, 0.29) is 0 Å². The predicted molar refractivity (Wildman–Crippen MR) is 117 cm³/mol. The van der Waals surface area contributed by atoms with Crippen molar-refractivity contribution in [2.45, 2.75) is 126 Å². The van der Waals surface area contributed by atoms with Crippen LogP contribution in [0.25, 0.3) is 0 Å². The maximum absolute atomic E-state index is 2.51. The molecule has 0 aromatic rings. The largest absolute Gasteiger partial charge is 0.0654 e. The van der Waals surface area contributed by atoms with Crippen LogP contribution >= 0.6 is 0 Å². The molecule has 5 unspecified atom stereocenters. The molecule has 0 saturated carbocycles. The van der Waals surface area contributed by atoms with Gasteiger partial charge in [-0.15, -0.1) is 0 Å². The molecule has 0 aromatic carbocycles. The summed E-state index contributed by atoms with van der Waals surface area (Å²) in [6.07, 6.45) is 15.5. The van der Waals surface area contributed by atoms with Gasteiger partial charge in [-0.05, 0) is 41.9 Å². The Morgan fingerprint density at radius 3 is 1.68 bits per heavy atom. The first-order valence-electron chi connectivity index (χ1n) is 11.9. The van der Waals surface area contributed by atoms with Gasteiger partial charge in [0.2, 0.25) is 0 Å². The molecule has 0 fully saturated rings. The molecule has 0 radical (unpaired) electrons. The van der Waals surface area contributed by atoms with Gasteiger partial charge in [-0.1, -0.05) is 120 Å². The highest BCUT2D eigenvalue weighted by Crippen LogP contribution is 2.30. The molecular weight excluding hydrogens is 300 g/mol. The second kappa shape index (κ2) is 15.1. The van der Waals surface area contributed by atoms with Crippen molar-refractivity contribution in [2.75, 3.05) is 0 Å². The molecule has 0 heterocycles. The van der Waals surface area contributed by atoms with Crippen molar-refractivity contribution >= 4 is 0 Å². The van der Waals surface area contributed by atoms with E-state index in [2.05, 4.69) is 55.4 Å². The van der Waals surface area contributed by atoms with Gasteiger partial charge in [0.15, 0.2) is 0 Å². The van der Waals surface area contributed by atoms with Crippen molar-refractivity contribution in [3.05, 3.63) is 0 Å². The Morgan fingerprint density at radius 2 is 1.16 bits per heavy atom. The van der Waals surface area contributed by atoms with Crippen LogP contribution in [0.5, 0.6) is 0 Å². The normalized spacial score (nSPS) is 18.1. The third-order valence-electron chi connectivity index (χ3n) is 7.28. The molecule has 0 nitrogen and oxygen atoms in total. The van der Waals surface area contributed by atoms with Gasteiger partial charge < -0.3 is 0 Å². The Bertz CT molecular complexity index is 278. The Morgan fingerprint density at radius 1 is 0.560 bits per heavy atom. The van der Waals surface area contributed by atoms with E-state index in [1.807, 2.05) is 0 Å². The molecule has 5 atom stereocenters. The highest BCUT2D eigenvalue weighted by molar-refractivity contribution is 4.69. The smallest absolute Gasteiger partial charge is 0.0391 e. The summed E-state index contributed by atoms with van der Waals surface area (Å²) in [7, 11) is 0. The molecule has 0 spiro atoms. The van der Waals surface area contributed by atoms with Gasteiger partial charge >= 0.3 is 0 Å². The molecule has 0 saturated heterocycles. The van der Waals surface area contributed by atoms with Gasteiger partial charge in [-0.2, -0.15) is 0 Å². The van der Waals surface area contributed by atoms with Crippen LogP contribution in [0.2, 0.25) is 0 Å². The lowest BCUT2D eigenvalue weighted by atomic mass is 9.80. The molecule has 0 amide bonds. The third-order valence-corrected chi connectivity index (χ3v) is 7.28. The van der Waals surface area contributed by atoms with E-state index < -0.39 is 0 Å². The summed E-state index contributed by atoms with van der Waals surface area (Å²) in [5.41, 5.74) is 0. The van der Waals surface area contributed by atoms with Crippen LogP contribution in [0.1, 0.15) is 126 Å². The number of hydrogen-bond acceptors (Lipinski definition) is 0. The van der Waals surface area contributed by atoms with Crippen LogP contribution in [0.15, 0.2) is 0 Å². The first-order valence-corrected chi connectivity index (χ1v) is 11.9. The van der Waals surface area contributed by atoms with Crippen molar-refractivity contribution < 1.29 is 0 Å². The lowest BCUT2D eigenvalue weighted by Gasteiger charge is -2.25. The molecule has 0 aliphatic heterocycles. The van der Waals surface area contributed by atoms with Crippen molar-refractivity contribution in [2.24, 2.45) is 35.5 Å². The standard InChI is InChI=1S/C25H52/c1-9-14-23(8)25(12-4)16-13-15-21(6)22(7)18-17-20(5)19-24(10-2)11-3/h20-25H,9-19H2,1-8H3. The van der Waals surface area contributed by atoms with Crippen LogP contribution in [0, 0.1) is 35.5 Å². The summed E-state index contributed by atoms with van der Waals surface area (Å²) >= 11 is 0. The first-order chi connectivity index (χ1) is 11.9. The zero-order chi connectivity index (χ0) is 19.2. The third kappa shape index (κ3) is 11.3. The fraction of sp³-hybridized carbons (Fsp3) is 1.00. The van der Waals surface area contributed by atoms with E-state index >= 15 is 0 Å². The Hall–Kier alpha value is 0. The lowest BCUT2D eigenvalue weighted by molar-refractivity contribution is 0.261. The predicted octanol–water partition coefficient (Wildman–Crippen LogP) is 9.13. The average Bonchev–Trinajstić information content (AvgIpc) is 2.60. The molecule has 0 N–H and O–H groups in total. The molecule has 25 heavy (non-hydrogen) atoms. The van der Waals surface area contributed by atoms with E-state index in [0.29, 0.717) is 0 Å². The monoisotopic (exact) mass is 352 g/mol. The molecule has 0 bridgehead atoms. The Kier molecular flexibility index (Phi) is 15.1. The fourth-order valence-corrected chi connectivity index (χ4v) is 4.71. The number of rotatable bonds is 16. The van der Waals surface area contributed by atoms with E-state index in [0.717, 1.165) is 35.5 Å². The maximum atomic E-state index is 2.51.